The molecule has 1 heterocycles. The van der Waals surface area contributed by atoms with Gasteiger partial charge in [-0.1, -0.05) is 11.6 Å². The summed E-state index contributed by atoms with van der Waals surface area (Å²) >= 11 is 8.49. The molecule has 0 unspecified atom stereocenters. The molecule has 98 valence electrons. The molecule has 0 saturated heterocycles. The maximum absolute atomic E-state index is 13.5. The highest BCUT2D eigenvalue weighted by Crippen LogP contribution is 2.27. The molecule has 0 aliphatic heterocycles. The maximum Gasteiger partial charge on any atom is 0.275 e. The fraction of sp³-hybridized carbons (Fsp3) is 0. The number of hydrogen-bond donors (Lipinski definition) is 1. The van der Waals surface area contributed by atoms with E-state index in [1.165, 1.54) is 6.20 Å². The van der Waals surface area contributed by atoms with Crippen LogP contribution in [0.25, 0.3) is 0 Å². The minimum Gasteiger partial charge on any atom is -0.317 e. The number of halogens is 4. The first kappa shape index (κ1) is 13.8. The van der Waals surface area contributed by atoms with Crippen LogP contribution in [0.1, 0.15) is 10.5 Å². The van der Waals surface area contributed by atoms with Crippen molar-refractivity contribution in [2.75, 3.05) is 5.32 Å². The molecule has 0 spiro atoms. The Morgan fingerprint density at radius 3 is 2.58 bits per heavy atom. The molecule has 0 atom stereocenters. The number of nitrogens with one attached hydrogen (secondary N) is 1. The predicted molar refractivity (Wildman–Crippen MR) is 69.1 cm³/mol. The fourth-order valence-corrected chi connectivity index (χ4v) is 1.87. The molecule has 0 bridgehead atoms. The van der Waals surface area contributed by atoms with Gasteiger partial charge in [-0.05, 0) is 22.0 Å². The first-order valence-corrected chi connectivity index (χ1v) is 6.08. The van der Waals surface area contributed by atoms with E-state index in [4.69, 9.17) is 11.6 Å². The molecule has 1 aromatic carbocycles. The van der Waals surface area contributed by atoms with Gasteiger partial charge < -0.3 is 5.32 Å². The second kappa shape index (κ2) is 5.58. The van der Waals surface area contributed by atoms with Gasteiger partial charge in [0, 0.05) is 10.5 Å². The summed E-state index contributed by atoms with van der Waals surface area (Å²) in [5, 5.41) is 2.40. The summed E-state index contributed by atoms with van der Waals surface area (Å²) < 4.78 is 26.5. The average molecular weight is 349 g/mol. The fourth-order valence-electron chi connectivity index (χ4n) is 1.27. The lowest BCUT2D eigenvalue weighted by molar-refractivity contribution is 0.102. The SMILES string of the molecule is O=C(Nc1c(F)cc(F)cc1Br)c1cnc(Cl)cn1. The molecule has 2 aromatic rings. The number of anilines is 1. The highest BCUT2D eigenvalue weighted by Gasteiger charge is 2.15. The molecule has 0 saturated carbocycles. The number of aromatic nitrogens is 2. The van der Waals surface area contributed by atoms with E-state index in [0.29, 0.717) is 6.07 Å². The van der Waals surface area contributed by atoms with Crippen LogP contribution in [0.15, 0.2) is 29.0 Å². The Morgan fingerprint density at radius 2 is 2.00 bits per heavy atom. The van der Waals surface area contributed by atoms with E-state index in [9.17, 15) is 13.6 Å². The molecule has 1 aromatic heterocycles. The van der Waals surface area contributed by atoms with Crippen LogP contribution in [-0.2, 0) is 0 Å². The Bertz CT molecular complexity index is 613. The highest BCUT2D eigenvalue weighted by molar-refractivity contribution is 9.10. The van der Waals surface area contributed by atoms with E-state index in [2.05, 4.69) is 31.2 Å². The normalized spacial score (nSPS) is 10.3. The zero-order valence-corrected chi connectivity index (χ0v) is 11.5. The van der Waals surface area contributed by atoms with Gasteiger partial charge in [0.05, 0.1) is 18.1 Å². The molecule has 0 fully saturated rings. The summed E-state index contributed by atoms with van der Waals surface area (Å²) in [6.45, 7) is 0. The van der Waals surface area contributed by atoms with Crippen molar-refractivity contribution in [3.63, 3.8) is 0 Å². The topological polar surface area (TPSA) is 54.9 Å². The quantitative estimate of drug-likeness (QED) is 0.905. The number of nitrogens with zero attached hydrogens (tertiary/aromatic N) is 2. The number of hydrogen-bond acceptors (Lipinski definition) is 3. The van der Waals surface area contributed by atoms with Crippen LogP contribution >= 0.6 is 27.5 Å². The third-order valence-corrected chi connectivity index (χ3v) is 2.92. The van der Waals surface area contributed by atoms with Crippen LogP contribution in [0.4, 0.5) is 14.5 Å². The molecule has 8 heteroatoms. The average Bonchev–Trinajstić information content (AvgIpc) is 2.34. The summed E-state index contributed by atoms with van der Waals surface area (Å²) in [7, 11) is 0. The van der Waals surface area contributed by atoms with Gasteiger partial charge in [-0.25, -0.2) is 18.7 Å². The molecule has 0 aliphatic carbocycles. The van der Waals surface area contributed by atoms with Crippen LogP contribution in [0, 0.1) is 11.6 Å². The Balaban J connectivity index is 2.26. The van der Waals surface area contributed by atoms with Gasteiger partial charge in [0.25, 0.3) is 5.91 Å². The van der Waals surface area contributed by atoms with Crippen LogP contribution < -0.4 is 5.32 Å². The van der Waals surface area contributed by atoms with Crippen molar-refractivity contribution in [3.8, 4) is 0 Å². The molecule has 4 nitrogen and oxygen atoms in total. The highest BCUT2D eigenvalue weighted by atomic mass is 79.9. The number of amides is 1. The zero-order chi connectivity index (χ0) is 14.0. The smallest absolute Gasteiger partial charge is 0.275 e. The standard InChI is InChI=1S/C11H5BrClF2N3O/c12-6-1-5(14)2-7(15)10(6)18-11(19)8-3-17-9(13)4-16-8/h1-4H,(H,18,19). The number of carbonyl (C=O) groups excluding carboxylic acids is 1. The Morgan fingerprint density at radius 1 is 1.26 bits per heavy atom. The van der Waals surface area contributed by atoms with Gasteiger partial charge in [-0.2, -0.15) is 0 Å². The van der Waals surface area contributed by atoms with E-state index in [1.807, 2.05) is 0 Å². The Labute approximate surface area is 120 Å². The number of benzene rings is 1. The van der Waals surface area contributed by atoms with Crippen LogP contribution in [0.5, 0.6) is 0 Å². The van der Waals surface area contributed by atoms with Crippen molar-refractivity contribution in [3.05, 3.63) is 51.5 Å². The lowest BCUT2D eigenvalue weighted by Crippen LogP contribution is -2.15. The Kier molecular flexibility index (Phi) is 4.06. The molecule has 1 amide bonds. The summed E-state index contributed by atoms with van der Waals surface area (Å²) in [6.07, 6.45) is 2.33. The summed E-state index contributed by atoms with van der Waals surface area (Å²) in [4.78, 5) is 19.2. The zero-order valence-electron chi connectivity index (χ0n) is 9.12. The monoisotopic (exact) mass is 347 g/mol. The molecule has 1 N–H and O–H groups in total. The second-order valence-corrected chi connectivity index (χ2v) is 4.66. The van der Waals surface area contributed by atoms with Crippen LogP contribution in [0.3, 0.4) is 0 Å². The number of rotatable bonds is 2. The summed E-state index contributed by atoms with van der Waals surface area (Å²) in [6, 6.07) is 1.69. The third-order valence-electron chi connectivity index (χ3n) is 2.10. The van der Waals surface area contributed by atoms with Crippen molar-refractivity contribution in [1.29, 1.82) is 0 Å². The van der Waals surface area contributed by atoms with E-state index < -0.39 is 17.5 Å². The van der Waals surface area contributed by atoms with Gasteiger partial charge in [-0.3, -0.25) is 4.79 Å². The lowest BCUT2D eigenvalue weighted by Gasteiger charge is -2.08. The predicted octanol–water partition coefficient (Wildman–Crippen LogP) is 3.42. The van der Waals surface area contributed by atoms with Crippen LogP contribution in [-0.4, -0.2) is 15.9 Å². The molecule has 0 aliphatic rings. The van der Waals surface area contributed by atoms with Gasteiger partial charge in [0.1, 0.15) is 16.7 Å². The largest absolute Gasteiger partial charge is 0.317 e. The number of carbonyl (C=O) groups is 1. The lowest BCUT2D eigenvalue weighted by atomic mass is 10.3. The first-order chi connectivity index (χ1) is 8.97. The third kappa shape index (κ3) is 3.24. The molecule has 0 radical (unpaired) electrons. The molecule has 19 heavy (non-hydrogen) atoms. The van der Waals surface area contributed by atoms with E-state index in [-0.39, 0.29) is 21.0 Å². The van der Waals surface area contributed by atoms with E-state index >= 15 is 0 Å². The summed E-state index contributed by atoms with van der Waals surface area (Å²) in [5.74, 6) is -2.34. The van der Waals surface area contributed by atoms with Gasteiger partial charge in [0.15, 0.2) is 5.82 Å². The Hall–Kier alpha value is -1.60. The van der Waals surface area contributed by atoms with Gasteiger partial charge in [-0.15, -0.1) is 0 Å². The van der Waals surface area contributed by atoms with Gasteiger partial charge in [0.2, 0.25) is 0 Å². The maximum atomic E-state index is 13.5. The van der Waals surface area contributed by atoms with Crippen molar-refractivity contribution in [2.45, 2.75) is 0 Å². The first-order valence-electron chi connectivity index (χ1n) is 4.91. The van der Waals surface area contributed by atoms with E-state index in [0.717, 1.165) is 12.3 Å². The van der Waals surface area contributed by atoms with Crippen molar-refractivity contribution >= 4 is 39.1 Å². The summed E-state index contributed by atoms with van der Waals surface area (Å²) in [5.41, 5.74) is -0.219. The van der Waals surface area contributed by atoms with E-state index in [1.54, 1.807) is 0 Å². The minimum absolute atomic E-state index is 0.0416. The second-order valence-electron chi connectivity index (χ2n) is 3.42. The van der Waals surface area contributed by atoms with Crippen molar-refractivity contribution in [2.24, 2.45) is 0 Å². The van der Waals surface area contributed by atoms with Crippen LogP contribution in [0.2, 0.25) is 5.15 Å². The minimum atomic E-state index is -0.901. The molecular formula is C11H5BrClF2N3O. The molecular weight excluding hydrogens is 343 g/mol. The van der Waals surface area contributed by atoms with Crippen molar-refractivity contribution in [1.82, 2.24) is 9.97 Å². The van der Waals surface area contributed by atoms with Gasteiger partial charge >= 0.3 is 0 Å². The molecule has 2 rings (SSSR count). The van der Waals surface area contributed by atoms with Crippen molar-refractivity contribution < 1.29 is 13.6 Å².